The van der Waals surface area contributed by atoms with Gasteiger partial charge in [-0.3, -0.25) is 0 Å². The highest BCUT2D eigenvalue weighted by Crippen LogP contribution is 2.27. The molecular formula is C9H18N2O2. The number of ether oxygens (including phenoxy) is 1. The molecule has 1 aliphatic rings. The molecule has 1 amide bonds. The van der Waals surface area contributed by atoms with E-state index in [1.54, 1.807) is 11.8 Å². The lowest BCUT2D eigenvalue weighted by Gasteiger charge is -2.33. The molecule has 1 aliphatic heterocycles. The SMILES string of the molecule is CCOC(=O)N1CCC(N)C1(C)C. The number of carbonyl (C=O) groups is 1. The third-order valence-electron chi connectivity index (χ3n) is 2.75. The van der Waals surface area contributed by atoms with Crippen molar-refractivity contribution < 1.29 is 9.53 Å². The minimum Gasteiger partial charge on any atom is -0.450 e. The fourth-order valence-corrected chi connectivity index (χ4v) is 1.64. The van der Waals surface area contributed by atoms with Crippen LogP contribution in [0.1, 0.15) is 27.2 Å². The first kappa shape index (κ1) is 10.3. The van der Waals surface area contributed by atoms with Gasteiger partial charge in [0.05, 0.1) is 12.1 Å². The predicted octanol–water partition coefficient (Wildman–Crippen LogP) is 0.955. The van der Waals surface area contributed by atoms with Crippen molar-refractivity contribution in [1.82, 2.24) is 4.90 Å². The van der Waals surface area contributed by atoms with Gasteiger partial charge in [-0.05, 0) is 27.2 Å². The van der Waals surface area contributed by atoms with Gasteiger partial charge in [0.15, 0.2) is 0 Å². The summed E-state index contributed by atoms with van der Waals surface area (Å²) in [5, 5.41) is 0. The van der Waals surface area contributed by atoms with Crippen LogP contribution in [0.4, 0.5) is 4.79 Å². The van der Waals surface area contributed by atoms with E-state index in [1.807, 2.05) is 13.8 Å². The van der Waals surface area contributed by atoms with Crippen molar-refractivity contribution in [2.45, 2.75) is 38.8 Å². The molecule has 0 aliphatic carbocycles. The first-order valence-corrected chi connectivity index (χ1v) is 4.70. The van der Waals surface area contributed by atoms with E-state index in [2.05, 4.69) is 0 Å². The Bertz CT molecular complexity index is 204. The molecule has 1 fully saturated rings. The minimum absolute atomic E-state index is 0.0527. The highest BCUT2D eigenvalue weighted by Gasteiger charge is 2.42. The molecular weight excluding hydrogens is 168 g/mol. The van der Waals surface area contributed by atoms with Crippen LogP contribution in [0.15, 0.2) is 0 Å². The first-order valence-electron chi connectivity index (χ1n) is 4.70. The van der Waals surface area contributed by atoms with Crippen LogP contribution in [-0.4, -0.2) is 35.7 Å². The summed E-state index contributed by atoms with van der Waals surface area (Å²) < 4.78 is 4.94. The molecule has 0 radical (unpaired) electrons. The summed E-state index contributed by atoms with van der Waals surface area (Å²) in [6.07, 6.45) is 0.603. The molecule has 76 valence electrons. The predicted molar refractivity (Wildman–Crippen MR) is 50.4 cm³/mol. The lowest BCUT2D eigenvalue weighted by molar-refractivity contribution is 0.0815. The van der Waals surface area contributed by atoms with E-state index in [1.165, 1.54) is 0 Å². The van der Waals surface area contributed by atoms with Gasteiger partial charge in [0.25, 0.3) is 0 Å². The number of hydrogen-bond donors (Lipinski definition) is 1. The highest BCUT2D eigenvalue weighted by molar-refractivity contribution is 5.69. The van der Waals surface area contributed by atoms with Gasteiger partial charge in [-0.1, -0.05) is 0 Å². The van der Waals surface area contributed by atoms with Crippen LogP contribution in [-0.2, 0) is 4.74 Å². The molecule has 4 nitrogen and oxygen atoms in total. The van der Waals surface area contributed by atoms with E-state index in [4.69, 9.17) is 10.5 Å². The smallest absolute Gasteiger partial charge is 0.410 e. The summed E-state index contributed by atoms with van der Waals surface area (Å²) >= 11 is 0. The van der Waals surface area contributed by atoms with E-state index in [0.717, 1.165) is 6.42 Å². The number of nitrogens with two attached hydrogens (primary N) is 1. The van der Waals surface area contributed by atoms with Gasteiger partial charge in [0.2, 0.25) is 0 Å². The molecule has 13 heavy (non-hydrogen) atoms. The van der Waals surface area contributed by atoms with Gasteiger partial charge in [-0.15, -0.1) is 0 Å². The number of amides is 1. The summed E-state index contributed by atoms with van der Waals surface area (Å²) in [5.41, 5.74) is 5.62. The molecule has 1 unspecified atom stereocenters. The molecule has 1 heterocycles. The van der Waals surface area contributed by atoms with Crippen LogP contribution >= 0.6 is 0 Å². The molecule has 0 bridgehead atoms. The zero-order valence-electron chi connectivity index (χ0n) is 8.54. The van der Waals surface area contributed by atoms with Crippen molar-refractivity contribution in [1.29, 1.82) is 0 Å². The van der Waals surface area contributed by atoms with Crippen LogP contribution < -0.4 is 5.73 Å². The fraction of sp³-hybridized carbons (Fsp3) is 0.889. The zero-order valence-corrected chi connectivity index (χ0v) is 8.54. The van der Waals surface area contributed by atoms with E-state index >= 15 is 0 Å². The standard InChI is InChI=1S/C9H18N2O2/c1-4-13-8(12)11-6-5-7(10)9(11,2)3/h7H,4-6,10H2,1-3H3. The molecule has 4 heteroatoms. The van der Waals surface area contributed by atoms with E-state index < -0.39 is 0 Å². The highest BCUT2D eigenvalue weighted by atomic mass is 16.6. The van der Waals surface area contributed by atoms with Gasteiger partial charge >= 0.3 is 6.09 Å². The van der Waals surface area contributed by atoms with Crippen molar-refractivity contribution >= 4 is 6.09 Å². The number of likely N-dealkylation sites (tertiary alicyclic amines) is 1. The minimum atomic E-state index is -0.272. The Kier molecular flexibility index (Phi) is 2.81. The Morgan fingerprint density at radius 3 is 2.69 bits per heavy atom. The van der Waals surface area contributed by atoms with Crippen LogP contribution in [0, 0.1) is 0 Å². The number of hydrogen-bond acceptors (Lipinski definition) is 3. The molecule has 0 aromatic heterocycles. The average Bonchev–Trinajstić information content (AvgIpc) is 2.28. The van der Waals surface area contributed by atoms with Crippen molar-refractivity contribution in [3.63, 3.8) is 0 Å². The third kappa shape index (κ3) is 1.77. The molecule has 1 rings (SSSR count). The number of carbonyl (C=O) groups excluding carboxylic acids is 1. The first-order chi connectivity index (χ1) is 6.00. The third-order valence-corrected chi connectivity index (χ3v) is 2.75. The molecule has 1 atom stereocenters. The van der Waals surface area contributed by atoms with E-state index in [-0.39, 0.29) is 17.7 Å². The second-order valence-electron chi connectivity index (χ2n) is 3.90. The molecule has 1 saturated heterocycles. The van der Waals surface area contributed by atoms with E-state index in [0.29, 0.717) is 13.2 Å². The fourth-order valence-electron chi connectivity index (χ4n) is 1.64. The average molecular weight is 186 g/mol. The molecule has 0 spiro atoms. The normalized spacial score (nSPS) is 26.2. The largest absolute Gasteiger partial charge is 0.450 e. The van der Waals surface area contributed by atoms with Gasteiger partial charge in [-0.25, -0.2) is 4.79 Å². The molecule has 0 aromatic carbocycles. The molecule has 0 saturated carbocycles. The van der Waals surface area contributed by atoms with Crippen LogP contribution in [0.3, 0.4) is 0 Å². The number of rotatable bonds is 1. The summed E-state index contributed by atoms with van der Waals surface area (Å²) in [6, 6.07) is 0.0527. The maximum absolute atomic E-state index is 11.5. The van der Waals surface area contributed by atoms with Crippen molar-refractivity contribution in [2.24, 2.45) is 5.73 Å². The lowest BCUT2D eigenvalue weighted by Crippen LogP contribution is -2.51. The van der Waals surface area contributed by atoms with Crippen molar-refractivity contribution in [3.8, 4) is 0 Å². The van der Waals surface area contributed by atoms with Gasteiger partial charge in [-0.2, -0.15) is 0 Å². The Morgan fingerprint density at radius 2 is 2.31 bits per heavy atom. The van der Waals surface area contributed by atoms with Crippen LogP contribution in [0.2, 0.25) is 0 Å². The Labute approximate surface area is 79.0 Å². The summed E-state index contributed by atoms with van der Waals surface area (Å²) in [5.74, 6) is 0. The maximum atomic E-state index is 11.5. The van der Waals surface area contributed by atoms with E-state index in [9.17, 15) is 4.79 Å². The second kappa shape index (κ2) is 3.54. The van der Waals surface area contributed by atoms with Crippen LogP contribution in [0.25, 0.3) is 0 Å². The molecule has 2 N–H and O–H groups in total. The topological polar surface area (TPSA) is 55.6 Å². The van der Waals surface area contributed by atoms with Crippen molar-refractivity contribution in [2.75, 3.05) is 13.2 Å². The number of nitrogens with zero attached hydrogens (tertiary/aromatic N) is 1. The quantitative estimate of drug-likeness (QED) is 0.663. The summed E-state index contributed by atoms with van der Waals surface area (Å²) in [6.45, 7) is 6.87. The Morgan fingerprint density at radius 1 is 1.69 bits per heavy atom. The van der Waals surface area contributed by atoms with Crippen molar-refractivity contribution in [3.05, 3.63) is 0 Å². The Balaban J connectivity index is 2.66. The van der Waals surface area contributed by atoms with Gasteiger partial charge in [0, 0.05) is 12.6 Å². The lowest BCUT2D eigenvalue weighted by atomic mass is 9.97. The second-order valence-corrected chi connectivity index (χ2v) is 3.90. The summed E-state index contributed by atoms with van der Waals surface area (Å²) in [7, 11) is 0. The monoisotopic (exact) mass is 186 g/mol. The van der Waals surface area contributed by atoms with Gasteiger partial charge < -0.3 is 15.4 Å². The Hall–Kier alpha value is -0.770. The maximum Gasteiger partial charge on any atom is 0.410 e. The molecule has 0 aromatic rings. The zero-order chi connectivity index (χ0) is 10.1. The van der Waals surface area contributed by atoms with Crippen LogP contribution in [0.5, 0.6) is 0 Å². The summed E-state index contributed by atoms with van der Waals surface area (Å²) in [4.78, 5) is 13.2. The van der Waals surface area contributed by atoms with Gasteiger partial charge in [0.1, 0.15) is 0 Å².